The van der Waals surface area contributed by atoms with Crippen molar-refractivity contribution in [3.05, 3.63) is 76.5 Å². The number of rotatable bonds is 6. The van der Waals surface area contributed by atoms with Gasteiger partial charge in [0.05, 0.1) is 0 Å². The second kappa shape index (κ2) is 9.15. The second-order valence-electron chi connectivity index (χ2n) is 6.96. The Morgan fingerprint density at radius 2 is 2.03 bits per heavy atom. The maximum Gasteiger partial charge on any atom is 0.257 e. The van der Waals surface area contributed by atoms with Gasteiger partial charge in [0.25, 0.3) is 11.8 Å². The Bertz CT molecular complexity index is 1060. The first-order chi connectivity index (χ1) is 14.6. The maximum absolute atomic E-state index is 13.3. The van der Waals surface area contributed by atoms with Gasteiger partial charge in [-0.2, -0.15) is 0 Å². The van der Waals surface area contributed by atoms with Crippen molar-refractivity contribution in [2.75, 3.05) is 17.2 Å². The number of ether oxygens (including phenoxy) is 1. The molecule has 2 aromatic carbocycles. The quantitative estimate of drug-likeness (QED) is 0.619. The van der Waals surface area contributed by atoms with E-state index in [1.54, 1.807) is 36.5 Å². The van der Waals surface area contributed by atoms with Crippen LogP contribution >= 0.6 is 11.3 Å². The van der Waals surface area contributed by atoms with Crippen molar-refractivity contribution >= 4 is 34.0 Å². The zero-order valence-corrected chi connectivity index (χ0v) is 16.9. The van der Waals surface area contributed by atoms with E-state index in [0.29, 0.717) is 35.8 Å². The molecule has 0 radical (unpaired) electrons. The molecule has 1 aliphatic rings. The number of nitrogens with zero attached hydrogens (tertiary/aromatic N) is 1. The summed E-state index contributed by atoms with van der Waals surface area (Å²) in [5.74, 6) is -0.807. The highest BCUT2D eigenvalue weighted by Gasteiger charge is 2.23. The number of carbonyl (C=O) groups is 2. The highest BCUT2D eigenvalue weighted by molar-refractivity contribution is 7.15. The highest BCUT2D eigenvalue weighted by atomic mass is 32.1. The summed E-state index contributed by atoms with van der Waals surface area (Å²) in [5, 5.41) is 6.02. The number of halogens is 1. The average Bonchev–Trinajstić information content (AvgIpc) is 3.41. The van der Waals surface area contributed by atoms with Crippen LogP contribution in [0.4, 0.5) is 15.2 Å². The van der Waals surface area contributed by atoms with Gasteiger partial charge in [-0.05, 0) is 48.7 Å². The number of hydrogen-bond acceptors (Lipinski definition) is 5. The van der Waals surface area contributed by atoms with Crippen LogP contribution in [0, 0.1) is 5.82 Å². The third-order valence-corrected chi connectivity index (χ3v) is 5.57. The van der Waals surface area contributed by atoms with Crippen LogP contribution in [0.1, 0.15) is 33.6 Å². The van der Waals surface area contributed by atoms with Crippen molar-refractivity contribution in [2.24, 2.45) is 0 Å². The minimum Gasteiger partial charge on any atom is -0.368 e. The average molecular weight is 425 g/mol. The molecule has 0 aliphatic carbocycles. The van der Waals surface area contributed by atoms with Gasteiger partial charge in [0.1, 0.15) is 11.9 Å². The third kappa shape index (κ3) is 5.08. The normalized spacial score (nSPS) is 15.7. The molecule has 8 heteroatoms. The molecule has 1 atom stereocenters. The van der Waals surface area contributed by atoms with Gasteiger partial charge in [0, 0.05) is 35.4 Å². The van der Waals surface area contributed by atoms with Crippen LogP contribution in [0.25, 0.3) is 0 Å². The van der Waals surface area contributed by atoms with E-state index in [4.69, 9.17) is 4.74 Å². The molecular weight excluding hydrogens is 405 g/mol. The van der Waals surface area contributed by atoms with Crippen LogP contribution in [-0.4, -0.2) is 29.5 Å². The Morgan fingerprint density at radius 1 is 1.17 bits per heavy atom. The Balaban J connectivity index is 1.38. The van der Waals surface area contributed by atoms with E-state index in [9.17, 15) is 14.0 Å². The molecule has 4 rings (SSSR count). The van der Waals surface area contributed by atoms with Gasteiger partial charge in [-0.25, -0.2) is 9.37 Å². The van der Waals surface area contributed by atoms with Gasteiger partial charge in [-0.15, -0.1) is 11.3 Å². The molecule has 1 fully saturated rings. The van der Waals surface area contributed by atoms with Gasteiger partial charge >= 0.3 is 0 Å². The fourth-order valence-electron chi connectivity index (χ4n) is 3.21. The van der Waals surface area contributed by atoms with Gasteiger partial charge in [0.15, 0.2) is 5.13 Å². The Hall–Kier alpha value is -3.10. The molecule has 2 heterocycles. The molecule has 1 aliphatic heterocycles. The highest BCUT2D eigenvalue weighted by Crippen LogP contribution is 2.23. The molecule has 1 aromatic heterocycles. The first-order valence-electron chi connectivity index (χ1n) is 9.60. The summed E-state index contributed by atoms with van der Waals surface area (Å²) in [6.45, 7) is 0.593. The lowest BCUT2D eigenvalue weighted by Gasteiger charge is -2.11. The zero-order valence-electron chi connectivity index (χ0n) is 16.1. The molecule has 2 amide bonds. The second-order valence-corrected chi connectivity index (χ2v) is 8.08. The molecule has 0 bridgehead atoms. The number of aromatic nitrogens is 1. The number of nitrogens with one attached hydrogen (secondary N) is 2. The molecule has 2 N–H and O–H groups in total. The number of anilines is 2. The minimum absolute atomic E-state index is 0.202. The minimum atomic E-state index is -0.436. The lowest BCUT2D eigenvalue weighted by Crippen LogP contribution is -2.27. The van der Waals surface area contributed by atoms with Crippen LogP contribution in [0.3, 0.4) is 0 Å². The molecule has 1 unspecified atom stereocenters. The van der Waals surface area contributed by atoms with Crippen molar-refractivity contribution in [2.45, 2.75) is 25.4 Å². The van der Waals surface area contributed by atoms with Crippen LogP contribution < -0.4 is 10.6 Å². The van der Waals surface area contributed by atoms with E-state index >= 15 is 0 Å². The SMILES string of the molecule is O=C(Nc1ncc(Cc2cccc(F)c2)s1)c1cccc(NC(=O)C2CCCO2)c1. The molecule has 6 nitrogen and oxygen atoms in total. The number of hydrogen-bond donors (Lipinski definition) is 2. The summed E-state index contributed by atoms with van der Waals surface area (Å²) in [5.41, 5.74) is 1.78. The van der Waals surface area contributed by atoms with Crippen molar-refractivity contribution in [1.29, 1.82) is 0 Å². The van der Waals surface area contributed by atoms with E-state index in [-0.39, 0.29) is 17.6 Å². The molecular formula is C22H20FN3O3S. The predicted octanol–water partition coefficient (Wildman–Crippen LogP) is 4.24. The number of amides is 2. The predicted molar refractivity (Wildman–Crippen MR) is 113 cm³/mol. The van der Waals surface area contributed by atoms with Gasteiger partial charge in [0.2, 0.25) is 0 Å². The Kier molecular flexibility index (Phi) is 6.15. The van der Waals surface area contributed by atoms with Crippen molar-refractivity contribution < 1.29 is 18.7 Å². The topological polar surface area (TPSA) is 80.3 Å². The van der Waals surface area contributed by atoms with Crippen LogP contribution in [0.15, 0.2) is 54.7 Å². The van der Waals surface area contributed by atoms with Crippen molar-refractivity contribution in [3.8, 4) is 0 Å². The van der Waals surface area contributed by atoms with E-state index < -0.39 is 6.10 Å². The molecule has 0 saturated carbocycles. The lowest BCUT2D eigenvalue weighted by atomic mass is 10.1. The van der Waals surface area contributed by atoms with Gasteiger partial charge in [-0.1, -0.05) is 18.2 Å². The van der Waals surface area contributed by atoms with Crippen LogP contribution in [0.5, 0.6) is 0 Å². The standard InChI is InChI=1S/C22H20FN3O3S/c23-16-6-1-4-14(10-16)11-18-13-24-22(30-18)26-20(27)15-5-2-7-17(12-15)25-21(28)19-8-3-9-29-19/h1-2,4-7,10,12-13,19H,3,8-9,11H2,(H,25,28)(H,24,26,27). The fourth-order valence-corrected chi connectivity index (χ4v) is 4.05. The third-order valence-electron chi connectivity index (χ3n) is 4.66. The van der Waals surface area contributed by atoms with Crippen molar-refractivity contribution in [1.82, 2.24) is 4.98 Å². The molecule has 154 valence electrons. The van der Waals surface area contributed by atoms with Crippen LogP contribution in [0.2, 0.25) is 0 Å². The summed E-state index contributed by atoms with van der Waals surface area (Å²) in [4.78, 5) is 29.9. The Morgan fingerprint density at radius 3 is 2.83 bits per heavy atom. The first kappa shape index (κ1) is 20.2. The summed E-state index contributed by atoms with van der Waals surface area (Å²) in [6.07, 6.45) is 3.34. The summed E-state index contributed by atoms with van der Waals surface area (Å²) in [6, 6.07) is 13.1. The van der Waals surface area contributed by atoms with E-state index in [2.05, 4.69) is 15.6 Å². The number of thiazole rings is 1. The molecule has 1 saturated heterocycles. The van der Waals surface area contributed by atoms with Crippen LogP contribution in [-0.2, 0) is 16.0 Å². The van der Waals surface area contributed by atoms with E-state index in [0.717, 1.165) is 16.9 Å². The van der Waals surface area contributed by atoms with E-state index in [1.165, 1.54) is 23.5 Å². The Labute approximate surface area is 177 Å². The van der Waals surface area contributed by atoms with Gasteiger partial charge in [-0.3, -0.25) is 14.9 Å². The number of benzene rings is 2. The zero-order chi connectivity index (χ0) is 20.9. The smallest absolute Gasteiger partial charge is 0.257 e. The van der Waals surface area contributed by atoms with Crippen molar-refractivity contribution in [3.63, 3.8) is 0 Å². The summed E-state index contributed by atoms with van der Waals surface area (Å²) < 4.78 is 18.7. The molecule has 30 heavy (non-hydrogen) atoms. The van der Waals surface area contributed by atoms with E-state index in [1.807, 2.05) is 6.07 Å². The van der Waals surface area contributed by atoms with Gasteiger partial charge < -0.3 is 10.1 Å². The molecule has 0 spiro atoms. The summed E-state index contributed by atoms with van der Waals surface area (Å²) >= 11 is 1.34. The molecule has 3 aromatic rings. The monoisotopic (exact) mass is 425 g/mol. The summed E-state index contributed by atoms with van der Waals surface area (Å²) in [7, 11) is 0. The fraction of sp³-hybridized carbons (Fsp3) is 0.227. The maximum atomic E-state index is 13.3. The number of carbonyl (C=O) groups excluding carboxylic acids is 2. The largest absolute Gasteiger partial charge is 0.368 e. The lowest BCUT2D eigenvalue weighted by molar-refractivity contribution is -0.124. The first-order valence-corrected chi connectivity index (χ1v) is 10.4.